The number of rotatable bonds is 5. The Morgan fingerprint density at radius 1 is 1.47 bits per heavy atom. The third-order valence-corrected chi connectivity index (χ3v) is 3.83. The molecule has 0 radical (unpaired) electrons. The number of hydrogen-bond donors (Lipinski definition) is 1. The third-order valence-electron chi connectivity index (χ3n) is 3.83. The van der Waals surface area contributed by atoms with E-state index in [-0.39, 0.29) is 6.04 Å². The van der Waals surface area contributed by atoms with Crippen molar-refractivity contribution in [2.24, 2.45) is 11.7 Å². The van der Waals surface area contributed by atoms with Crippen molar-refractivity contribution >= 4 is 0 Å². The van der Waals surface area contributed by atoms with Crippen molar-refractivity contribution in [2.45, 2.75) is 58.7 Å². The molecule has 0 aromatic carbocycles. The molecule has 1 aliphatic heterocycles. The zero-order valence-electron chi connectivity index (χ0n) is 12.5. The van der Waals surface area contributed by atoms with E-state index in [1.807, 2.05) is 10.9 Å². The van der Waals surface area contributed by atoms with Gasteiger partial charge in [0.1, 0.15) is 0 Å². The Hall–Kier alpha value is -0.870. The maximum Gasteiger partial charge on any atom is 0.0538 e. The van der Waals surface area contributed by atoms with E-state index in [2.05, 4.69) is 37.0 Å². The standard InChI is InChI=1S/C15H28N4/c1-4-7-19-11-13(9-17-19)15-14(16)6-5-8-18(15)10-12(2)3/h9,11-12,14-15H,4-8,10,16H2,1-3H3. The second kappa shape index (κ2) is 6.53. The van der Waals surface area contributed by atoms with Crippen LogP contribution in [0.5, 0.6) is 0 Å². The predicted octanol–water partition coefficient (Wildman–Crippen LogP) is 2.41. The Morgan fingerprint density at radius 3 is 2.95 bits per heavy atom. The fourth-order valence-corrected chi connectivity index (χ4v) is 3.11. The lowest BCUT2D eigenvalue weighted by molar-refractivity contribution is 0.114. The average Bonchev–Trinajstić information content (AvgIpc) is 2.77. The van der Waals surface area contributed by atoms with Crippen molar-refractivity contribution in [3.05, 3.63) is 18.0 Å². The first-order valence-electron chi connectivity index (χ1n) is 7.63. The molecule has 19 heavy (non-hydrogen) atoms. The summed E-state index contributed by atoms with van der Waals surface area (Å²) in [6.07, 6.45) is 7.66. The highest BCUT2D eigenvalue weighted by atomic mass is 15.3. The van der Waals surface area contributed by atoms with Gasteiger partial charge in [0.15, 0.2) is 0 Å². The topological polar surface area (TPSA) is 47.1 Å². The van der Waals surface area contributed by atoms with Gasteiger partial charge >= 0.3 is 0 Å². The van der Waals surface area contributed by atoms with E-state index >= 15 is 0 Å². The van der Waals surface area contributed by atoms with Crippen LogP contribution >= 0.6 is 0 Å². The molecule has 0 amide bonds. The van der Waals surface area contributed by atoms with Gasteiger partial charge in [-0.2, -0.15) is 5.10 Å². The maximum atomic E-state index is 6.38. The van der Waals surface area contributed by atoms with Crippen LogP contribution in [0, 0.1) is 5.92 Å². The zero-order chi connectivity index (χ0) is 13.8. The minimum absolute atomic E-state index is 0.242. The average molecular weight is 264 g/mol. The zero-order valence-corrected chi connectivity index (χ0v) is 12.5. The van der Waals surface area contributed by atoms with E-state index < -0.39 is 0 Å². The summed E-state index contributed by atoms with van der Waals surface area (Å²) >= 11 is 0. The monoisotopic (exact) mass is 264 g/mol. The Labute approximate surface area is 117 Å². The van der Waals surface area contributed by atoms with Gasteiger partial charge in [0.25, 0.3) is 0 Å². The maximum absolute atomic E-state index is 6.38. The molecule has 1 fully saturated rings. The van der Waals surface area contributed by atoms with E-state index in [4.69, 9.17) is 5.73 Å². The number of nitrogens with two attached hydrogens (primary N) is 1. The molecule has 2 heterocycles. The van der Waals surface area contributed by atoms with Crippen LogP contribution in [0.25, 0.3) is 0 Å². The molecule has 4 nitrogen and oxygen atoms in total. The first-order chi connectivity index (χ1) is 9.11. The number of likely N-dealkylation sites (tertiary alicyclic amines) is 1. The van der Waals surface area contributed by atoms with E-state index in [9.17, 15) is 0 Å². The number of nitrogens with zero attached hydrogens (tertiary/aromatic N) is 3. The summed E-state index contributed by atoms with van der Waals surface area (Å²) in [5.41, 5.74) is 7.67. The second-order valence-electron chi connectivity index (χ2n) is 6.18. The van der Waals surface area contributed by atoms with Crippen LogP contribution < -0.4 is 5.73 Å². The molecule has 0 bridgehead atoms. The summed E-state index contributed by atoms with van der Waals surface area (Å²) < 4.78 is 2.05. The van der Waals surface area contributed by atoms with Gasteiger partial charge in [0.2, 0.25) is 0 Å². The van der Waals surface area contributed by atoms with Crippen molar-refractivity contribution < 1.29 is 0 Å². The Balaban J connectivity index is 2.15. The minimum Gasteiger partial charge on any atom is -0.326 e. The van der Waals surface area contributed by atoms with E-state index in [0.29, 0.717) is 12.0 Å². The molecule has 0 saturated carbocycles. The molecule has 2 unspecified atom stereocenters. The molecule has 108 valence electrons. The summed E-state index contributed by atoms with van der Waals surface area (Å²) in [5, 5.41) is 4.46. The fraction of sp³-hybridized carbons (Fsp3) is 0.800. The highest BCUT2D eigenvalue weighted by molar-refractivity contribution is 5.14. The highest BCUT2D eigenvalue weighted by Crippen LogP contribution is 2.30. The van der Waals surface area contributed by atoms with Crippen LogP contribution in [0.2, 0.25) is 0 Å². The molecular weight excluding hydrogens is 236 g/mol. The number of aryl methyl sites for hydroxylation is 1. The molecule has 1 aromatic rings. The molecule has 0 spiro atoms. The quantitative estimate of drug-likeness (QED) is 0.888. The Kier molecular flexibility index (Phi) is 4.99. The third kappa shape index (κ3) is 3.57. The summed E-state index contributed by atoms with van der Waals surface area (Å²) in [7, 11) is 0. The summed E-state index contributed by atoms with van der Waals surface area (Å²) in [6.45, 7) is 10.0. The first kappa shape index (κ1) is 14.5. The SMILES string of the molecule is CCCn1cc(C2C(N)CCCN2CC(C)C)cn1. The molecule has 1 saturated heterocycles. The summed E-state index contributed by atoms with van der Waals surface area (Å²) in [5.74, 6) is 0.679. The Bertz CT molecular complexity index is 385. The minimum atomic E-state index is 0.242. The van der Waals surface area contributed by atoms with Gasteiger partial charge < -0.3 is 5.73 Å². The van der Waals surface area contributed by atoms with Gasteiger partial charge in [-0.15, -0.1) is 0 Å². The normalized spacial score (nSPS) is 25.1. The van der Waals surface area contributed by atoms with Crippen molar-refractivity contribution in [2.75, 3.05) is 13.1 Å². The van der Waals surface area contributed by atoms with Gasteiger partial charge in [-0.3, -0.25) is 9.58 Å². The molecule has 1 aromatic heterocycles. The van der Waals surface area contributed by atoms with Gasteiger partial charge in [0, 0.05) is 30.9 Å². The lowest BCUT2D eigenvalue weighted by atomic mass is 9.92. The van der Waals surface area contributed by atoms with Crippen LogP contribution in [0.4, 0.5) is 0 Å². The van der Waals surface area contributed by atoms with Crippen LogP contribution in [0.3, 0.4) is 0 Å². The van der Waals surface area contributed by atoms with Crippen molar-refractivity contribution in [3.8, 4) is 0 Å². The highest BCUT2D eigenvalue weighted by Gasteiger charge is 2.31. The summed E-state index contributed by atoms with van der Waals surface area (Å²) in [4.78, 5) is 2.55. The van der Waals surface area contributed by atoms with Crippen molar-refractivity contribution in [1.29, 1.82) is 0 Å². The Morgan fingerprint density at radius 2 is 2.26 bits per heavy atom. The van der Waals surface area contributed by atoms with Crippen LogP contribution in [0.15, 0.2) is 12.4 Å². The lowest BCUT2D eigenvalue weighted by Gasteiger charge is -2.40. The lowest BCUT2D eigenvalue weighted by Crippen LogP contribution is -2.46. The molecule has 0 aliphatic carbocycles. The van der Waals surface area contributed by atoms with Crippen LogP contribution in [-0.2, 0) is 6.54 Å². The number of hydrogen-bond acceptors (Lipinski definition) is 3. The van der Waals surface area contributed by atoms with Crippen molar-refractivity contribution in [3.63, 3.8) is 0 Å². The van der Waals surface area contributed by atoms with Gasteiger partial charge in [-0.25, -0.2) is 0 Å². The predicted molar refractivity (Wildman–Crippen MR) is 78.9 cm³/mol. The fourth-order valence-electron chi connectivity index (χ4n) is 3.11. The van der Waals surface area contributed by atoms with Gasteiger partial charge in [-0.1, -0.05) is 20.8 Å². The molecule has 2 atom stereocenters. The molecule has 2 rings (SSSR count). The molecular formula is C15H28N4. The van der Waals surface area contributed by atoms with Crippen LogP contribution in [0.1, 0.15) is 51.6 Å². The molecule has 2 N–H and O–H groups in total. The number of piperidine rings is 1. The number of aromatic nitrogens is 2. The smallest absolute Gasteiger partial charge is 0.0538 e. The van der Waals surface area contributed by atoms with Crippen LogP contribution in [-0.4, -0.2) is 33.8 Å². The first-order valence-corrected chi connectivity index (χ1v) is 7.63. The molecule has 1 aliphatic rings. The molecule has 4 heteroatoms. The largest absolute Gasteiger partial charge is 0.326 e. The van der Waals surface area contributed by atoms with E-state index in [1.165, 1.54) is 12.0 Å². The second-order valence-corrected chi connectivity index (χ2v) is 6.18. The van der Waals surface area contributed by atoms with E-state index in [0.717, 1.165) is 32.5 Å². The van der Waals surface area contributed by atoms with Gasteiger partial charge in [0.05, 0.1) is 12.2 Å². The summed E-state index contributed by atoms with van der Waals surface area (Å²) in [6, 6.07) is 0.591. The van der Waals surface area contributed by atoms with Gasteiger partial charge in [-0.05, 0) is 31.7 Å². The van der Waals surface area contributed by atoms with Crippen molar-refractivity contribution in [1.82, 2.24) is 14.7 Å². The van der Waals surface area contributed by atoms with E-state index in [1.54, 1.807) is 0 Å².